The number of rotatable bonds is 1. The molecule has 4 aromatic rings. The van der Waals surface area contributed by atoms with Crippen molar-refractivity contribution < 1.29 is 0 Å². The number of benzene rings is 2. The van der Waals surface area contributed by atoms with Crippen LogP contribution in [0, 0.1) is 0 Å². The fourth-order valence-corrected chi connectivity index (χ4v) is 2.53. The van der Waals surface area contributed by atoms with Crippen LogP contribution in [0.5, 0.6) is 0 Å². The monoisotopic (exact) mass is 260 g/mol. The van der Waals surface area contributed by atoms with E-state index in [0.29, 0.717) is 5.69 Å². The van der Waals surface area contributed by atoms with Gasteiger partial charge in [-0.05, 0) is 30.3 Å². The maximum Gasteiger partial charge on any atom is 0.0952 e. The summed E-state index contributed by atoms with van der Waals surface area (Å²) in [6.45, 7) is 0. The molecular formula is C16H12N4. The highest BCUT2D eigenvalue weighted by molar-refractivity contribution is 5.96. The van der Waals surface area contributed by atoms with Gasteiger partial charge in [0.05, 0.1) is 28.6 Å². The minimum absolute atomic E-state index is 0.681. The Morgan fingerprint density at radius 3 is 2.80 bits per heavy atom. The van der Waals surface area contributed by atoms with Gasteiger partial charge < -0.3 is 5.73 Å². The van der Waals surface area contributed by atoms with Gasteiger partial charge >= 0.3 is 0 Å². The Labute approximate surface area is 115 Å². The van der Waals surface area contributed by atoms with E-state index in [9.17, 15) is 0 Å². The second-order valence-electron chi connectivity index (χ2n) is 4.69. The third-order valence-electron chi connectivity index (χ3n) is 3.48. The van der Waals surface area contributed by atoms with Gasteiger partial charge in [-0.15, -0.1) is 0 Å². The van der Waals surface area contributed by atoms with Crippen LogP contribution >= 0.6 is 0 Å². The largest absolute Gasteiger partial charge is 0.397 e. The number of anilines is 1. The van der Waals surface area contributed by atoms with Crippen LogP contribution in [0.2, 0.25) is 0 Å². The molecule has 0 radical (unpaired) electrons. The average Bonchev–Trinajstić information content (AvgIpc) is 2.92. The SMILES string of the molecule is Nc1ccc(-n2ncc3ccccc32)c2cccnc12. The van der Waals surface area contributed by atoms with Crippen molar-refractivity contribution in [1.29, 1.82) is 0 Å². The summed E-state index contributed by atoms with van der Waals surface area (Å²) in [4.78, 5) is 4.37. The zero-order chi connectivity index (χ0) is 13.5. The minimum Gasteiger partial charge on any atom is -0.397 e. The van der Waals surface area contributed by atoms with Crippen molar-refractivity contribution >= 4 is 27.5 Å². The Kier molecular flexibility index (Phi) is 2.23. The summed E-state index contributed by atoms with van der Waals surface area (Å²) in [6, 6.07) is 15.9. The molecule has 0 aliphatic rings. The number of nitrogens with two attached hydrogens (primary N) is 1. The highest BCUT2D eigenvalue weighted by Gasteiger charge is 2.09. The molecule has 0 aliphatic heterocycles. The number of aromatic nitrogens is 3. The summed E-state index contributed by atoms with van der Waals surface area (Å²) in [5.41, 5.74) is 9.55. The first kappa shape index (κ1) is 11.0. The maximum atomic E-state index is 6.00. The summed E-state index contributed by atoms with van der Waals surface area (Å²) in [5, 5.41) is 6.61. The highest BCUT2D eigenvalue weighted by Crippen LogP contribution is 2.27. The molecule has 0 atom stereocenters. The molecule has 0 aliphatic carbocycles. The first-order valence-corrected chi connectivity index (χ1v) is 6.41. The van der Waals surface area contributed by atoms with Crippen molar-refractivity contribution in [3.8, 4) is 5.69 Å². The lowest BCUT2D eigenvalue weighted by Gasteiger charge is -2.09. The normalized spacial score (nSPS) is 11.2. The molecule has 0 unspecified atom stereocenters. The third kappa shape index (κ3) is 1.48. The summed E-state index contributed by atoms with van der Waals surface area (Å²) in [6.07, 6.45) is 3.62. The van der Waals surface area contributed by atoms with E-state index >= 15 is 0 Å². The Bertz CT molecular complexity index is 924. The van der Waals surface area contributed by atoms with E-state index < -0.39 is 0 Å². The van der Waals surface area contributed by atoms with Crippen molar-refractivity contribution in [3.63, 3.8) is 0 Å². The quantitative estimate of drug-likeness (QED) is 0.535. The molecule has 96 valence electrons. The zero-order valence-corrected chi connectivity index (χ0v) is 10.7. The van der Waals surface area contributed by atoms with Crippen LogP contribution < -0.4 is 5.73 Å². The molecule has 0 fully saturated rings. The Morgan fingerprint density at radius 2 is 1.85 bits per heavy atom. The van der Waals surface area contributed by atoms with Crippen molar-refractivity contribution in [1.82, 2.24) is 14.8 Å². The van der Waals surface area contributed by atoms with Crippen LogP contribution in [-0.4, -0.2) is 14.8 Å². The first-order valence-electron chi connectivity index (χ1n) is 6.41. The molecule has 4 rings (SSSR count). The summed E-state index contributed by atoms with van der Waals surface area (Å²) in [5.74, 6) is 0. The van der Waals surface area contributed by atoms with Gasteiger partial charge in [-0.3, -0.25) is 4.98 Å². The third-order valence-corrected chi connectivity index (χ3v) is 3.48. The van der Waals surface area contributed by atoms with Gasteiger partial charge in [0.25, 0.3) is 0 Å². The number of nitrogen functional groups attached to an aromatic ring is 1. The van der Waals surface area contributed by atoms with Gasteiger partial charge in [0.15, 0.2) is 0 Å². The standard InChI is InChI=1S/C16H12N4/c17-13-7-8-15(12-5-3-9-18-16(12)13)20-14-6-2-1-4-11(14)10-19-20/h1-10H,17H2. The molecule has 0 saturated heterocycles. The zero-order valence-electron chi connectivity index (χ0n) is 10.7. The number of nitrogens with zero attached hydrogens (tertiary/aromatic N) is 3. The molecule has 2 N–H and O–H groups in total. The highest BCUT2D eigenvalue weighted by atomic mass is 15.3. The molecule has 0 saturated carbocycles. The van der Waals surface area contributed by atoms with E-state index in [2.05, 4.69) is 22.2 Å². The van der Waals surface area contributed by atoms with E-state index in [4.69, 9.17) is 5.73 Å². The average molecular weight is 260 g/mol. The fourth-order valence-electron chi connectivity index (χ4n) is 2.53. The molecule has 2 heterocycles. The van der Waals surface area contributed by atoms with Crippen molar-refractivity contribution in [2.45, 2.75) is 0 Å². The van der Waals surface area contributed by atoms with Crippen LogP contribution in [0.15, 0.2) is 60.9 Å². The molecule has 0 spiro atoms. The van der Waals surface area contributed by atoms with E-state index in [-0.39, 0.29) is 0 Å². The lowest BCUT2D eigenvalue weighted by molar-refractivity contribution is 0.918. The lowest BCUT2D eigenvalue weighted by Crippen LogP contribution is -1.99. The maximum absolute atomic E-state index is 6.00. The van der Waals surface area contributed by atoms with E-state index in [1.165, 1.54) is 0 Å². The summed E-state index contributed by atoms with van der Waals surface area (Å²) >= 11 is 0. The van der Waals surface area contributed by atoms with Gasteiger partial charge in [-0.1, -0.05) is 18.2 Å². The molecule has 0 bridgehead atoms. The molecule has 4 nitrogen and oxygen atoms in total. The molecule has 2 aromatic carbocycles. The van der Waals surface area contributed by atoms with Crippen molar-refractivity contribution in [3.05, 3.63) is 60.9 Å². The van der Waals surface area contributed by atoms with Crippen LogP contribution in [-0.2, 0) is 0 Å². The second kappa shape index (κ2) is 4.06. The summed E-state index contributed by atoms with van der Waals surface area (Å²) < 4.78 is 1.93. The van der Waals surface area contributed by atoms with Gasteiger partial charge in [0.2, 0.25) is 0 Å². The molecule has 4 heteroatoms. The predicted octanol–water partition coefficient (Wildman–Crippen LogP) is 3.16. The van der Waals surface area contributed by atoms with Crippen molar-refractivity contribution in [2.75, 3.05) is 5.73 Å². The summed E-state index contributed by atoms with van der Waals surface area (Å²) in [7, 11) is 0. The lowest BCUT2D eigenvalue weighted by atomic mass is 10.1. The van der Waals surface area contributed by atoms with Gasteiger partial charge in [-0.2, -0.15) is 5.10 Å². The molecule has 0 amide bonds. The van der Waals surface area contributed by atoms with Crippen LogP contribution in [0.1, 0.15) is 0 Å². The van der Waals surface area contributed by atoms with Gasteiger partial charge in [0.1, 0.15) is 0 Å². The van der Waals surface area contributed by atoms with Gasteiger partial charge in [-0.25, -0.2) is 4.68 Å². The van der Waals surface area contributed by atoms with E-state index in [0.717, 1.165) is 27.5 Å². The molecule has 2 aromatic heterocycles. The molecular weight excluding hydrogens is 248 g/mol. The van der Waals surface area contributed by atoms with Crippen LogP contribution in [0.25, 0.3) is 27.5 Å². The number of hydrogen-bond acceptors (Lipinski definition) is 3. The first-order chi connectivity index (χ1) is 9.84. The predicted molar refractivity (Wildman–Crippen MR) is 80.8 cm³/mol. The van der Waals surface area contributed by atoms with Gasteiger partial charge in [0, 0.05) is 17.0 Å². The van der Waals surface area contributed by atoms with Crippen molar-refractivity contribution in [2.24, 2.45) is 0 Å². The minimum atomic E-state index is 0.681. The van der Waals surface area contributed by atoms with E-state index in [1.807, 2.05) is 47.3 Å². The number of hydrogen-bond donors (Lipinski definition) is 1. The molecule has 20 heavy (non-hydrogen) atoms. The Hall–Kier alpha value is -2.88. The Morgan fingerprint density at radius 1 is 0.950 bits per heavy atom. The Balaban J connectivity index is 2.10. The number of para-hydroxylation sites is 1. The number of fused-ring (bicyclic) bond motifs is 2. The second-order valence-corrected chi connectivity index (χ2v) is 4.69. The smallest absolute Gasteiger partial charge is 0.0952 e. The van der Waals surface area contributed by atoms with E-state index in [1.54, 1.807) is 6.20 Å². The fraction of sp³-hybridized carbons (Fsp3) is 0. The van der Waals surface area contributed by atoms with Crippen LogP contribution in [0.3, 0.4) is 0 Å². The van der Waals surface area contributed by atoms with Crippen LogP contribution in [0.4, 0.5) is 5.69 Å². The topological polar surface area (TPSA) is 56.7 Å². The number of pyridine rings is 1.